The van der Waals surface area contributed by atoms with Gasteiger partial charge in [0.1, 0.15) is 0 Å². The molecular formula is HCl2CuNO3. The van der Waals surface area contributed by atoms with E-state index >= 15 is 0 Å². The molecule has 7 heavy (non-hydrogen) atoms. The Morgan fingerprint density at radius 1 is 1.71 bits per heavy atom. The molecule has 0 aliphatic carbocycles. The molecule has 4 nitrogen and oxygen atoms in total. The van der Waals surface area contributed by atoms with Crippen LogP contribution in [-0.2, 0) is 13.1 Å². The molecule has 0 unspecified atom stereocenters. The molecule has 0 radical (unpaired) electrons. The molecule has 1 N–H and O–H groups in total. The van der Waals surface area contributed by atoms with Gasteiger partial charge in [-0.25, -0.2) is 0 Å². The monoisotopic (exact) mass is 196 g/mol. The number of hydrogen-bond donors (Lipinski definition) is 1. The number of nitrogens with zero attached hydrogens (tertiary/aromatic N) is 1. The summed E-state index contributed by atoms with van der Waals surface area (Å²) in [6.45, 7) is 0. The Hall–Kier alpha value is 0.299. The first-order valence-corrected chi connectivity index (χ1v) is 3.38. The summed E-state index contributed by atoms with van der Waals surface area (Å²) in [5.74, 6) is 0. The average Bonchev–Trinajstić information content (AvgIpc) is 1.33. The zero-order chi connectivity index (χ0) is 6.28. The molecule has 0 fully saturated rings. The third-order valence-corrected chi connectivity index (χ3v) is 0. The van der Waals surface area contributed by atoms with Gasteiger partial charge in [0.2, 0.25) is 0 Å². The SMILES string of the molecule is O=[N+]([O-])O.[Cl][Cu][Cl]. The maximum atomic E-state index is 8.36. The fourth-order valence-corrected chi connectivity index (χ4v) is 0. The Morgan fingerprint density at radius 2 is 1.71 bits per heavy atom. The topological polar surface area (TPSA) is 63.4 Å². The summed E-state index contributed by atoms with van der Waals surface area (Å²) in [6.07, 6.45) is 0. The zero-order valence-electron chi connectivity index (χ0n) is 2.77. The van der Waals surface area contributed by atoms with Crippen LogP contribution in [0.3, 0.4) is 0 Å². The van der Waals surface area contributed by atoms with Crippen LogP contribution in [0, 0.1) is 10.1 Å². The summed E-state index contributed by atoms with van der Waals surface area (Å²) in [5, 5.41) is 13.6. The predicted molar refractivity (Wildman–Crippen MR) is 20.5 cm³/mol. The number of hydrogen-bond acceptors (Lipinski definition) is 2. The van der Waals surface area contributed by atoms with Gasteiger partial charge in [0.05, 0.1) is 0 Å². The van der Waals surface area contributed by atoms with E-state index in [1.54, 1.807) is 0 Å². The molecule has 0 heterocycles. The molecule has 0 aromatic rings. The first-order valence-electron chi connectivity index (χ1n) is 0.793. The van der Waals surface area contributed by atoms with Gasteiger partial charge in [-0.05, 0) is 0 Å². The molecule has 0 spiro atoms. The third-order valence-electron chi connectivity index (χ3n) is 0. The molecule has 0 rings (SSSR count). The van der Waals surface area contributed by atoms with Gasteiger partial charge >= 0.3 is 33.3 Å². The van der Waals surface area contributed by atoms with Gasteiger partial charge in [0, 0.05) is 0 Å². The van der Waals surface area contributed by atoms with Gasteiger partial charge in [-0.15, -0.1) is 10.1 Å². The summed E-state index contributed by atoms with van der Waals surface area (Å²) < 4.78 is 0. The Balaban J connectivity index is 0. The van der Waals surface area contributed by atoms with Crippen LogP contribution in [0.25, 0.3) is 0 Å². The molecule has 0 aliphatic rings. The summed E-state index contributed by atoms with van der Waals surface area (Å²) in [5.41, 5.74) is 0. The second-order valence-corrected chi connectivity index (χ2v) is 1.84. The quantitative estimate of drug-likeness (QED) is 0.358. The molecular weight excluding hydrogens is 196 g/mol. The summed E-state index contributed by atoms with van der Waals surface area (Å²) in [7, 11) is 9.34. The van der Waals surface area contributed by atoms with Crippen LogP contribution in [0.1, 0.15) is 0 Å². The van der Waals surface area contributed by atoms with Gasteiger partial charge in [-0.3, -0.25) is 0 Å². The van der Waals surface area contributed by atoms with E-state index in [0.717, 1.165) is 13.1 Å². The molecule has 49 valence electrons. The van der Waals surface area contributed by atoms with Crippen LogP contribution in [0.15, 0.2) is 0 Å². The average molecular weight is 197 g/mol. The molecule has 0 bridgehead atoms. The van der Waals surface area contributed by atoms with E-state index in [0.29, 0.717) is 0 Å². The van der Waals surface area contributed by atoms with E-state index < -0.39 is 5.09 Å². The normalized spacial score (nSPS) is 6.57. The van der Waals surface area contributed by atoms with E-state index in [9.17, 15) is 0 Å². The van der Waals surface area contributed by atoms with Crippen molar-refractivity contribution in [2.45, 2.75) is 0 Å². The minimum absolute atomic E-state index is 0.757. The standard InChI is InChI=1S/2ClH.Cu.HNO3/c;;;2-1(3)4/h2*1H;;(H,2,3,4)/q;;+2;/p-2. The first-order chi connectivity index (χ1) is 3.15. The van der Waals surface area contributed by atoms with Crippen molar-refractivity contribution in [3.05, 3.63) is 10.1 Å². The van der Waals surface area contributed by atoms with E-state index in [-0.39, 0.29) is 0 Å². The molecule has 0 atom stereocenters. The van der Waals surface area contributed by atoms with Crippen LogP contribution >= 0.6 is 20.2 Å². The van der Waals surface area contributed by atoms with Crippen molar-refractivity contribution in [2.75, 3.05) is 0 Å². The van der Waals surface area contributed by atoms with E-state index in [1.807, 2.05) is 0 Å². The Labute approximate surface area is 54.1 Å². The summed E-state index contributed by atoms with van der Waals surface area (Å²) >= 11 is 0.757. The molecule has 0 aromatic carbocycles. The molecule has 0 amide bonds. The van der Waals surface area contributed by atoms with Crippen molar-refractivity contribution in [1.29, 1.82) is 0 Å². The summed E-state index contributed by atoms with van der Waals surface area (Å²) in [4.78, 5) is 8.36. The Kier molecular flexibility index (Phi) is 14.1. The van der Waals surface area contributed by atoms with Crippen molar-refractivity contribution in [3.63, 3.8) is 0 Å². The number of halogens is 2. The molecule has 0 saturated carbocycles. The van der Waals surface area contributed by atoms with Crippen molar-refractivity contribution in [3.8, 4) is 0 Å². The second-order valence-electron chi connectivity index (χ2n) is 0.281. The minimum atomic E-state index is -1.50. The van der Waals surface area contributed by atoms with Gasteiger partial charge in [0.25, 0.3) is 5.09 Å². The fraction of sp³-hybridized carbons (Fsp3) is 0. The van der Waals surface area contributed by atoms with Crippen molar-refractivity contribution in [1.82, 2.24) is 0 Å². The van der Waals surface area contributed by atoms with Crippen LogP contribution < -0.4 is 0 Å². The predicted octanol–water partition coefficient (Wildman–Crippen LogP) is 1.03. The maximum absolute atomic E-state index is 8.36. The van der Waals surface area contributed by atoms with E-state index in [1.165, 1.54) is 0 Å². The van der Waals surface area contributed by atoms with Crippen LogP contribution in [0.5, 0.6) is 0 Å². The molecule has 0 aromatic heterocycles. The summed E-state index contributed by atoms with van der Waals surface area (Å²) in [6, 6.07) is 0. The van der Waals surface area contributed by atoms with Crippen LogP contribution in [-0.4, -0.2) is 10.3 Å². The van der Waals surface area contributed by atoms with Crippen LogP contribution in [0.2, 0.25) is 0 Å². The van der Waals surface area contributed by atoms with Gasteiger partial charge in [0.15, 0.2) is 0 Å². The van der Waals surface area contributed by atoms with Crippen LogP contribution in [0.4, 0.5) is 0 Å². The molecule has 7 heteroatoms. The molecule has 0 saturated heterocycles. The van der Waals surface area contributed by atoms with Crippen molar-refractivity contribution >= 4 is 20.2 Å². The Morgan fingerprint density at radius 3 is 1.71 bits per heavy atom. The second kappa shape index (κ2) is 9.57. The third kappa shape index (κ3) is 1300. The zero-order valence-corrected chi connectivity index (χ0v) is 5.22. The first kappa shape index (κ1) is 10.3. The van der Waals surface area contributed by atoms with E-state index in [2.05, 4.69) is 20.2 Å². The molecule has 0 aliphatic heterocycles. The van der Waals surface area contributed by atoms with Gasteiger partial charge < -0.3 is 5.21 Å². The van der Waals surface area contributed by atoms with Gasteiger partial charge in [-0.2, -0.15) is 0 Å². The van der Waals surface area contributed by atoms with Gasteiger partial charge in [-0.1, -0.05) is 0 Å². The fourth-order valence-electron chi connectivity index (χ4n) is 0. The van der Waals surface area contributed by atoms with Crippen molar-refractivity contribution < 1.29 is 23.4 Å². The van der Waals surface area contributed by atoms with Crippen molar-refractivity contribution in [2.24, 2.45) is 0 Å². The van der Waals surface area contributed by atoms with E-state index in [4.69, 9.17) is 15.3 Å². The number of rotatable bonds is 0. The Bertz CT molecular complexity index is 44.2.